The first-order chi connectivity index (χ1) is 11.4. The molecule has 0 aromatic heterocycles. The second kappa shape index (κ2) is 10.8. The summed E-state index contributed by atoms with van der Waals surface area (Å²) in [5, 5.41) is 0. The molecular weight excluding hydrogens is 304 g/mol. The summed E-state index contributed by atoms with van der Waals surface area (Å²) in [6, 6.07) is 6.60. The summed E-state index contributed by atoms with van der Waals surface area (Å²) in [6.45, 7) is 8.47. The zero-order valence-electron chi connectivity index (χ0n) is 15.3. The van der Waals surface area contributed by atoms with Gasteiger partial charge in [-0.05, 0) is 48.9 Å². The summed E-state index contributed by atoms with van der Waals surface area (Å²) in [6.07, 6.45) is 4.62. The maximum Gasteiger partial charge on any atom is 0.311 e. The molecule has 24 heavy (non-hydrogen) atoms. The SMILES string of the molecule is CCC(C)CCC(=O)Oc1ccc(OC(=O)CCC(C)CC)cc1. The Hall–Kier alpha value is -1.84. The lowest BCUT2D eigenvalue weighted by atomic mass is 10.0. The molecule has 1 aromatic carbocycles. The Balaban J connectivity index is 2.39. The molecule has 0 radical (unpaired) electrons. The van der Waals surface area contributed by atoms with E-state index in [9.17, 15) is 9.59 Å². The van der Waals surface area contributed by atoms with Crippen LogP contribution in [0, 0.1) is 11.8 Å². The van der Waals surface area contributed by atoms with Gasteiger partial charge in [-0.1, -0.05) is 40.5 Å². The largest absolute Gasteiger partial charge is 0.427 e. The normalized spacial score (nSPS) is 13.2. The van der Waals surface area contributed by atoms with Gasteiger partial charge in [0.25, 0.3) is 0 Å². The number of carbonyl (C=O) groups is 2. The van der Waals surface area contributed by atoms with Gasteiger partial charge in [0.05, 0.1) is 0 Å². The third-order valence-electron chi connectivity index (χ3n) is 4.36. The maximum absolute atomic E-state index is 11.8. The molecule has 2 unspecified atom stereocenters. The van der Waals surface area contributed by atoms with E-state index in [4.69, 9.17) is 9.47 Å². The second-order valence-electron chi connectivity index (χ2n) is 6.52. The third-order valence-corrected chi connectivity index (χ3v) is 4.36. The minimum Gasteiger partial charge on any atom is -0.427 e. The Morgan fingerprint density at radius 1 is 0.792 bits per heavy atom. The summed E-state index contributed by atoms with van der Waals surface area (Å²) in [5.41, 5.74) is 0. The fourth-order valence-electron chi connectivity index (χ4n) is 2.08. The van der Waals surface area contributed by atoms with E-state index < -0.39 is 0 Å². The molecule has 0 fully saturated rings. The van der Waals surface area contributed by atoms with Gasteiger partial charge in [-0.2, -0.15) is 0 Å². The van der Waals surface area contributed by atoms with Crippen molar-refractivity contribution in [1.29, 1.82) is 0 Å². The predicted octanol–water partition coefficient (Wildman–Crippen LogP) is 5.15. The van der Waals surface area contributed by atoms with E-state index in [1.54, 1.807) is 24.3 Å². The lowest BCUT2D eigenvalue weighted by molar-refractivity contribution is -0.135. The molecule has 0 aliphatic rings. The quantitative estimate of drug-likeness (QED) is 0.438. The van der Waals surface area contributed by atoms with Crippen molar-refractivity contribution in [1.82, 2.24) is 0 Å². The summed E-state index contributed by atoms with van der Waals surface area (Å²) in [5.74, 6) is 1.54. The third kappa shape index (κ3) is 8.14. The molecule has 0 aliphatic carbocycles. The maximum atomic E-state index is 11.8. The first kappa shape index (κ1) is 20.2. The molecular formula is C20H30O4. The second-order valence-corrected chi connectivity index (χ2v) is 6.52. The van der Waals surface area contributed by atoms with Crippen molar-refractivity contribution in [3.8, 4) is 11.5 Å². The van der Waals surface area contributed by atoms with Crippen molar-refractivity contribution in [2.75, 3.05) is 0 Å². The number of hydrogen-bond acceptors (Lipinski definition) is 4. The number of hydrogen-bond donors (Lipinski definition) is 0. The standard InChI is InChI=1S/C20H30O4/c1-5-15(3)7-13-19(21)23-17-9-11-18(12-10-17)24-20(22)14-8-16(4)6-2/h9-12,15-16H,5-8,13-14H2,1-4H3. The van der Waals surface area contributed by atoms with Crippen LogP contribution in [0.25, 0.3) is 0 Å². The summed E-state index contributed by atoms with van der Waals surface area (Å²) < 4.78 is 10.6. The van der Waals surface area contributed by atoms with Gasteiger partial charge in [-0.25, -0.2) is 0 Å². The van der Waals surface area contributed by atoms with E-state index in [2.05, 4.69) is 27.7 Å². The molecule has 0 aliphatic heterocycles. The van der Waals surface area contributed by atoms with E-state index in [-0.39, 0.29) is 11.9 Å². The van der Waals surface area contributed by atoms with E-state index in [0.717, 1.165) is 25.7 Å². The highest BCUT2D eigenvalue weighted by Gasteiger charge is 2.10. The highest BCUT2D eigenvalue weighted by atomic mass is 16.5. The minimum atomic E-state index is -0.228. The van der Waals surface area contributed by atoms with Crippen LogP contribution in [0.3, 0.4) is 0 Å². The average Bonchev–Trinajstić information content (AvgIpc) is 2.59. The lowest BCUT2D eigenvalue weighted by Gasteiger charge is -2.09. The van der Waals surface area contributed by atoms with E-state index in [1.807, 2.05) is 0 Å². The van der Waals surface area contributed by atoms with E-state index in [1.165, 1.54) is 0 Å². The Kier molecular flexibility index (Phi) is 9.13. The van der Waals surface area contributed by atoms with Crippen molar-refractivity contribution in [3.63, 3.8) is 0 Å². The van der Waals surface area contributed by atoms with Crippen molar-refractivity contribution in [2.45, 2.75) is 66.2 Å². The van der Waals surface area contributed by atoms with Gasteiger partial charge in [0.1, 0.15) is 11.5 Å². The Morgan fingerprint density at radius 2 is 1.12 bits per heavy atom. The van der Waals surface area contributed by atoms with Gasteiger partial charge >= 0.3 is 11.9 Å². The van der Waals surface area contributed by atoms with Gasteiger partial charge in [0.2, 0.25) is 0 Å². The van der Waals surface area contributed by atoms with Gasteiger partial charge in [-0.3, -0.25) is 9.59 Å². The molecule has 0 spiro atoms. The van der Waals surface area contributed by atoms with E-state index in [0.29, 0.717) is 36.2 Å². The molecule has 0 heterocycles. The lowest BCUT2D eigenvalue weighted by Crippen LogP contribution is -2.10. The highest BCUT2D eigenvalue weighted by molar-refractivity contribution is 5.73. The predicted molar refractivity (Wildman–Crippen MR) is 95.1 cm³/mol. The van der Waals surface area contributed by atoms with Crippen molar-refractivity contribution in [2.24, 2.45) is 11.8 Å². The molecule has 0 N–H and O–H groups in total. The van der Waals surface area contributed by atoms with Crippen LogP contribution in [-0.2, 0) is 9.59 Å². The van der Waals surface area contributed by atoms with Crippen molar-refractivity contribution in [3.05, 3.63) is 24.3 Å². The minimum absolute atomic E-state index is 0.228. The molecule has 0 bridgehead atoms. The molecule has 1 aromatic rings. The van der Waals surface area contributed by atoms with Gasteiger partial charge in [-0.15, -0.1) is 0 Å². The number of benzene rings is 1. The van der Waals surface area contributed by atoms with Crippen LogP contribution >= 0.6 is 0 Å². The van der Waals surface area contributed by atoms with Gasteiger partial charge in [0.15, 0.2) is 0 Å². The zero-order valence-corrected chi connectivity index (χ0v) is 15.3. The Bertz CT molecular complexity index is 460. The van der Waals surface area contributed by atoms with Crippen molar-refractivity contribution >= 4 is 11.9 Å². The summed E-state index contributed by atoms with van der Waals surface area (Å²) >= 11 is 0. The molecule has 0 saturated carbocycles. The van der Waals surface area contributed by atoms with Crippen LogP contribution < -0.4 is 9.47 Å². The number of esters is 2. The molecule has 1 rings (SSSR count). The Labute approximate surface area is 145 Å². The topological polar surface area (TPSA) is 52.6 Å². The molecule has 134 valence electrons. The fourth-order valence-corrected chi connectivity index (χ4v) is 2.08. The fraction of sp³-hybridized carbons (Fsp3) is 0.600. The van der Waals surface area contributed by atoms with Crippen LogP contribution in [0.2, 0.25) is 0 Å². The highest BCUT2D eigenvalue weighted by Crippen LogP contribution is 2.20. The van der Waals surface area contributed by atoms with Gasteiger partial charge < -0.3 is 9.47 Å². The monoisotopic (exact) mass is 334 g/mol. The van der Waals surface area contributed by atoms with Crippen LogP contribution in [0.15, 0.2) is 24.3 Å². The zero-order chi connectivity index (χ0) is 17.9. The van der Waals surface area contributed by atoms with Crippen LogP contribution in [-0.4, -0.2) is 11.9 Å². The number of rotatable bonds is 10. The summed E-state index contributed by atoms with van der Waals surface area (Å²) in [4.78, 5) is 23.5. The van der Waals surface area contributed by atoms with Crippen molar-refractivity contribution < 1.29 is 19.1 Å². The number of carbonyl (C=O) groups excluding carboxylic acids is 2. The van der Waals surface area contributed by atoms with E-state index >= 15 is 0 Å². The van der Waals surface area contributed by atoms with Crippen LogP contribution in [0.5, 0.6) is 11.5 Å². The van der Waals surface area contributed by atoms with Crippen LogP contribution in [0.1, 0.15) is 66.2 Å². The first-order valence-corrected chi connectivity index (χ1v) is 8.96. The molecule has 2 atom stereocenters. The first-order valence-electron chi connectivity index (χ1n) is 8.96. The molecule has 0 saturated heterocycles. The Morgan fingerprint density at radius 3 is 1.42 bits per heavy atom. The summed E-state index contributed by atoms with van der Waals surface area (Å²) in [7, 11) is 0. The van der Waals surface area contributed by atoms with Gasteiger partial charge in [0, 0.05) is 12.8 Å². The number of ether oxygens (including phenoxy) is 2. The van der Waals surface area contributed by atoms with Crippen LogP contribution in [0.4, 0.5) is 0 Å². The smallest absolute Gasteiger partial charge is 0.311 e. The molecule has 4 heteroatoms. The molecule has 4 nitrogen and oxygen atoms in total. The molecule has 0 amide bonds. The average molecular weight is 334 g/mol.